The first-order valence-electron chi connectivity index (χ1n) is 7.48. The van der Waals surface area contributed by atoms with E-state index in [4.69, 9.17) is 21.3 Å². The highest BCUT2D eigenvalue weighted by molar-refractivity contribution is 6.30. The highest BCUT2D eigenvalue weighted by atomic mass is 35.5. The summed E-state index contributed by atoms with van der Waals surface area (Å²) in [6.07, 6.45) is 10.4. The molecule has 1 fully saturated rings. The van der Waals surface area contributed by atoms with E-state index in [0.29, 0.717) is 5.15 Å². The number of ether oxygens (including phenoxy) is 1. The Labute approximate surface area is 119 Å². The van der Waals surface area contributed by atoms with Crippen LogP contribution < -0.4 is 0 Å². The average molecular weight is 281 g/mol. The molecule has 0 aromatic carbocycles. The van der Waals surface area contributed by atoms with Gasteiger partial charge in [-0.3, -0.25) is 0 Å². The molecule has 0 spiro atoms. The summed E-state index contributed by atoms with van der Waals surface area (Å²) in [5, 5.41) is 0.678. The minimum absolute atomic E-state index is 0.286. The molecule has 1 atom stereocenters. The van der Waals surface area contributed by atoms with Gasteiger partial charge in [-0.2, -0.15) is 0 Å². The van der Waals surface area contributed by atoms with Gasteiger partial charge >= 0.3 is 0 Å². The van der Waals surface area contributed by atoms with E-state index in [-0.39, 0.29) is 6.10 Å². The lowest BCUT2D eigenvalue weighted by atomic mass is 10.1. The molecule has 0 N–H and O–H groups in total. The van der Waals surface area contributed by atoms with E-state index in [1.54, 1.807) is 0 Å². The zero-order valence-electron chi connectivity index (χ0n) is 11.3. The first-order valence-corrected chi connectivity index (χ1v) is 7.86. The summed E-state index contributed by atoms with van der Waals surface area (Å²) < 4.78 is 5.77. The molecule has 2 aliphatic rings. The second kappa shape index (κ2) is 6.19. The molecule has 1 aromatic heterocycles. The van der Waals surface area contributed by atoms with Gasteiger partial charge in [0.05, 0.1) is 6.10 Å². The molecule has 104 valence electrons. The Kier molecular flexibility index (Phi) is 4.34. The van der Waals surface area contributed by atoms with Crippen LogP contribution in [0.5, 0.6) is 0 Å². The van der Waals surface area contributed by atoms with Crippen LogP contribution in [0.25, 0.3) is 0 Å². The van der Waals surface area contributed by atoms with E-state index in [9.17, 15) is 0 Å². The lowest BCUT2D eigenvalue weighted by Gasteiger charge is -2.22. The molecule has 2 heterocycles. The molecule has 0 radical (unpaired) electrons. The number of hydrogen-bond donors (Lipinski definition) is 0. The van der Waals surface area contributed by atoms with Gasteiger partial charge in [-0.1, -0.05) is 18.0 Å². The predicted octanol–water partition coefficient (Wildman–Crippen LogP) is 3.51. The first kappa shape index (κ1) is 13.3. The summed E-state index contributed by atoms with van der Waals surface area (Å²) in [5.74, 6) is 0.873. The van der Waals surface area contributed by atoms with Crippen LogP contribution in [0.4, 0.5) is 0 Å². The third-order valence-corrected chi connectivity index (χ3v) is 4.43. The Hall–Kier alpha value is -0.670. The summed E-state index contributed by atoms with van der Waals surface area (Å²) >= 11 is 6.35. The van der Waals surface area contributed by atoms with Gasteiger partial charge < -0.3 is 4.74 Å². The average Bonchev–Trinajstić information content (AvgIpc) is 2.65. The third-order valence-electron chi connectivity index (χ3n) is 4.11. The molecule has 1 unspecified atom stereocenters. The van der Waals surface area contributed by atoms with Crippen LogP contribution in [-0.2, 0) is 24.0 Å². The topological polar surface area (TPSA) is 35.0 Å². The second-order valence-electron chi connectivity index (χ2n) is 5.61. The first-order chi connectivity index (χ1) is 9.33. The number of halogens is 1. The molecular formula is C15H21ClN2O. The minimum atomic E-state index is 0.286. The number of hydrogen-bond acceptors (Lipinski definition) is 3. The number of rotatable bonds is 2. The highest BCUT2D eigenvalue weighted by Gasteiger charge is 2.19. The number of aryl methyl sites for hydroxylation is 1. The van der Waals surface area contributed by atoms with Crippen LogP contribution in [-0.4, -0.2) is 22.7 Å². The van der Waals surface area contributed by atoms with Crippen LogP contribution in [0.15, 0.2) is 0 Å². The molecule has 1 aliphatic heterocycles. The smallest absolute Gasteiger partial charge is 0.136 e. The van der Waals surface area contributed by atoms with Crippen molar-refractivity contribution in [3.8, 4) is 0 Å². The normalized spacial score (nSPS) is 23.7. The monoisotopic (exact) mass is 280 g/mol. The number of aromatic nitrogens is 2. The van der Waals surface area contributed by atoms with Crippen LogP contribution in [0.3, 0.4) is 0 Å². The molecule has 19 heavy (non-hydrogen) atoms. The fraction of sp³-hybridized carbons (Fsp3) is 0.733. The van der Waals surface area contributed by atoms with Gasteiger partial charge in [0.15, 0.2) is 0 Å². The van der Waals surface area contributed by atoms with E-state index in [0.717, 1.165) is 38.1 Å². The quantitative estimate of drug-likeness (QED) is 0.614. The van der Waals surface area contributed by atoms with Crippen LogP contribution in [0, 0.1) is 0 Å². The van der Waals surface area contributed by atoms with E-state index >= 15 is 0 Å². The van der Waals surface area contributed by atoms with E-state index in [1.807, 2.05) is 0 Å². The Bertz CT molecular complexity index is 444. The zero-order valence-corrected chi connectivity index (χ0v) is 12.1. The zero-order chi connectivity index (χ0) is 13.1. The van der Waals surface area contributed by atoms with Crippen molar-refractivity contribution in [3.05, 3.63) is 22.2 Å². The van der Waals surface area contributed by atoms with Crippen molar-refractivity contribution in [1.82, 2.24) is 9.97 Å². The van der Waals surface area contributed by atoms with Gasteiger partial charge in [-0.15, -0.1) is 0 Å². The van der Waals surface area contributed by atoms with Crippen LogP contribution >= 0.6 is 11.6 Å². The largest absolute Gasteiger partial charge is 0.378 e. The molecule has 3 rings (SSSR count). The molecule has 1 aliphatic carbocycles. The Morgan fingerprint density at radius 3 is 2.79 bits per heavy atom. The maximum absolute atomic E-state index is 6.35. The maximum Gasteiger partial charge on any atom is 0.136 e. The predicted molar refractivity (Wildman–Crippen MR) is 75.6 cm³/mol. The molecule has 1 saturated heterocycles. The minimum Gasteiger partial charge on any atom is -0.378 e. The van der Waals surface area contributed by atoms with Crippen molar-refractivity contribution in [2.75, 3.05) is 6.61 Å². The lowest BCUT2D eigenvalue weighted by Crippen LogP contribution is -2.23. The Morgan fingerprint density at radius 2 is 1.95 bits per heavy atom. The summed E-state index contributed by atoms with van der Waals surface area (Å²) in [7, 11) is 0. The van der Waals surface area contributed by atoms with Gasteiger partial charge in [0, 0.05) is 24.3 Å². The van der Waals surface area contributed by atoms with Gasteiger partial charge in [0.25, 0.3) is 0 Å². The van der Waals surface area contributed by atoms with Crippen molar-refractivity contribution in [1.29, 1.82) is 0 Å². The van der Waals surface area contributed by atoms with Crippen molar-refractivity contribution < 1.29 is 4.74 Å². The summed E-state index contributed by atoms with van der Waals surface area (Å²) in [6, 6.07) is 0. The number of nitrogens with zero attached hydrogens (tertiary/aromatic N) is 2. The van der Waals surface area contributed by atoms with Crippen molar-refractivity contribution in [2.45, 2.75) is 63.9 Å². The van der Waals surface area contributed by atoms with E-state index in [1.165, 1.54) is 43.4 Å². The van der Waals surface area contributed by atoms with Gasteiger partial charge in [-0.05, 0) is 44.9 Å². The van der Waals surface area contributed by atoms with Gasteiger partial charge in [-0.25, -0.2) is 9.97 Å². The summed E-state index contributed by atoms with van der Waals surface area (Å²) in [6.45, 7) is 0.878. The Morgan fingerprint density at radius 1 is 1.05 bits per heavy atom. The maximum atomic E-state index is 6.35. The van der Waals surface area contributed by atoms with Crippen molar-refractivity contribution in [2.24, 2.45) is 0 Å². The molecular weight excluding hydrogens is 260 g/mol. The fourth-order valence-corrected chi connectivity index (χ4v) is 3.34. The Balaban J connectivity index is 1.78. The molecule has 4 heteroatoms. The van der Waals surface area contributed by atoms with E-state index < -0.39 is 0 Å². The molecule has 3 nitrogen and oxygen atoms in total. The highest BCUT2D eigenvalue weighted by Crippen LogP contribution is 2.25. The summed E-state index contributed by atoms with van der Waals surface area (Å²) in [5.41, 5.74) is 2.37. The van der Waals surface area contributed by atoms with Crippen LogP contribution in [0.1, 0.15) is 55.6 Å². The fourth-order valence-electron chi connectivity index (χ4n) is 3.04. The molecule has 1 aromatic rings. The molecule has 0 saturated carbocycles. The van der Waals surface area contributed by atoms with Gasteiger partial charge in [0.2, 0.25) is 0 Å². The third kappa shape index (κ3) is 3.26. The van der Waals surface area contributed by atoms with Gasteiger partial charge in [0.1, 0.15) is 11.0 Å². The molecule has 0 bridgehead atoms. The van der Waals surface area contributed by atoms with Crippen molar-refractivity contribution >= 4 is 11.6 Å². The standard InChI is InChI=1S/C15H21ClN2O/c16-15-12-7-2-1-3-8-13(12)17-14(18-15)10-11-6-4-5-9-19-11/h11H,1-10H2. The van der Waals surface area contributed by atoms with Crippen LogP contribution in [0.2, 0.25) is 5.15 Å². The van der Waals surface area contributed by atoms with Crippen molar-refractivity contribution in [3.63, 3.8) is 0 Å². The second-order valence-corrected chi connectivity index (χ2v) is 5.97. The lowest BCUT2D eigenvalue weighted by molar-refractivity contribution is 0.0156. The van der Waals surface area contributed by atoms with E-state index in [2.05, 4.69) is 4.98 Å². The SMILES string of the molecule is Clc1nc(CC2CCCCO2)nc2c1CCCCC2. The molecule has 0 amide bonds. The summed E-state index contributed by atoms with van der Waals surface area (Å²) in [4.78, 5) is 9.25. The number of fused-ring (bicyclic) bond motifs is 1.